The second-order valence-corrected chi connectivity index (χ2v) is 13.1. The summed E-state index contributed by atoms with van der Waals surface area (Å²) in [5, 5.41) is 0.419. The lowest BCUT2D eigenvalue weighted by molar-refractivity contribution is -0.870. The van der Waals surface area contributed by atoms with Crippen LogP contribution in [-0.4, -0.2) is 48.8 Å². The molecule has 0 fully saturated rings. The van der Waals surface area contributed by atoms with Crippen molar-refractivity contribution in [3.8, 4) is 11.4 Å². The molecule has 0 atom stereocenters. The molecule has 3 aromatic carbocycles. The maximum absolute atomic E-state index is 15.1. The Labute approximate surface area is 253 Å². The molecule has 4 rings (SSSR count). The summed E-state index contributed by atoms with van der Waals surface area (Å²) in [5.41, 5.74) is 1.77. The molecular formula is C32H35ClF4N3OS+. The number of halogens is 5. The van der Waals surface area contributed by atoms with Gasteiger partial charge < -0.3 is 9.22 Å². The summed E-state index contributed by atoms with van der Waals surface area (Å²) in [7, 11) is 7.60. The van der Waals surface area contributed by atoms with Crippen LogP contribution in [0.5, 0.6) is 5.75 Å². The lowest BCUT2D eigenvalue weighted by atomic mass is 9.81. The predicted molar refractivity (Wildman–Crippen MR) is 161 cm³/mol. The molecule has 0 spiro atoms. The number of ether oxygens (including phenoxy) is 1. The Morgan fingerprint density at radius 2 is 1.60 bits per heavy atom. The molecule has 0 bridgehead atoms. The van der Waals surface area contributed by atoms with Gasteiger partial charge in [-0.25, -0.2) is 22.5 Å². The van der Waals surface area contributed by atoms with Crippen LogP contribution in [0.25, 0.3) is 5.69 Å². The molecule has 1 aromatic heterocycles. The summed E-state index contributed by atoms with van der Waals surface area (Å²) in [4.78, 5) is 4.60. The monoisotopic (exact) mass is 620 g/mol. The van der Waals surface area contributed by atoms with Crippen molar-refractivity contribution >= 4 is 23.4 Å². The highest BCUT2D eigenvalue weighted by atomic mass is 35.5. The summed E-state index contributed by atoms with van der Waals surface area (Å²) in [6.45, 7) is 4.74. The summed E-state index contributed by atoms with van der Waals surface area (Å²) < 4.78 is 66.3. The first-order valence-corrected chi connectivity index (χ1v) is 14.9. The summed E-state index contributed by atoms with van der Waals surface area (Å²) >= 11 is 7.26. The molecule has 224 valence electrons. The van der Waals surface area contributed by atoms with Gasteiger partial charge in [-0.2, -0.15) is 0 Å². The largest absolute Gasteiger partial charge is 0.494 e. The van der Waals surface area contributed by atoms with Crippen molar-refractivity contribution in [3.05, 3.63) is 105 Å². The smallest absolute Gasteiger partial charge is 0.173 e. The average molecular weight is 621 g/mol. The van der Waals surface area contributed by atoms with Gasteiger partial charge in [0.1, 0.15) is 17.5 Å². The van der Waals surface area contributed by atoms with Crippen molar-refractivity contribution in [2.24, 2.45) is 0 Å². The third-order valence-corrected chi connectivity index (χ3v) is 8.51. The quantitative estimate of drug-likeness (QED) is 0.0958. The van der Waals surface area contributed by atoms with Gasteiger partial charge in [0.2, 0.25) is 0 Å². The number of thioether (sulfide) groups is 1. The highest BCUT2D eigenvalue weighted by molar-refractivity contribution is 7.98. The second kappa shape index (κ2) is 12.7. The molecule has 1 heterocycles. The van der Waals surface area contributed by atoms with Gasteiger partial charge in [0, 0.05) is 29.2 Å². The Hall–Kier alpha value is -3.01. The maximum Gasteiger partial charge on any atom is 0.173 e. The molecule has 0 saturated heterocycles. The molecule has 0 radical (unpaired) electrons. The van der Waals surface area contributed by atoms with Crippen LogP contribution < -0.4 is 4.74 Å². The summed E-state index contributed by atoms with van der Waals surface area (Å²) in [5.74, 6) is -2.27. The first-order chi connectivity index (χ1) is 19.7. The lowest BCUT2D eigenvalue weighted by Crippen LogP contribution is -2.35. The van der Waals surface area contributed by atoms with E-state index in [9.17, 15) is 8.78 Å². The Morgan fingerprint density at radius 3 is 2.21 bits per heavy atom. The zero-order chi connectivity index (χ0) is 30.8. The number of nitrogens with zero attached hydrogens (tertiary/aromatic N) is 3. The van der Waals surface area contributed by atoms with E-state index in [1.54, 1.807) is 29.0 Å². The van der Waals surface area contributed by atoms with Crippen molar-refractivity contribution in [1.29, 1.82) is 0 Å². The number of imidazole rings is 1. The van der Waals surface area contributed by atoms with Crippen LogP contribution in [0.4, 0.5) is 17.6 Å². The number of rotatable bonds is 11. The maximum atomic E-state index is 15.1. The molecule has 4 nitrogen and oxygen atoms in total. The van der Waals surface area contributed by atoms with Crippen LogP contribution in [0.15, 0.2) is 59.9 Å². The van der Waals surface area contributed by atoms with E-state index >= 15 is 8.78 Å². The SMILES string of the molecule is COc1cc(-n2c(C(C)(C)c3ccc(F)c(Cl)c3)cnc2SCc2c(F)cc(CCC[N+](C)(C)C)cc2F)ccc1F. The molecule has 0 aliphatic rings. The van der Waals surface area contributed by atoms with Gasteiger partial charge in [0.15, 0.2) is 16.7 Å². The Kier molecular flexibility index (Phi) is 9.65. The van der Waals surface area contributed by atoms with Gasteiger partial charge in [-0.3, -0.25) is 4.57 Å². The van der Waals surface area contributed by atoms with Gasteiger partial charge in [0.05, 0.1) is 57.4 Å². The number of hydrogen-bond acceptors (Lipinski definition) is 3. The first-order valence-electron chi connectivity index (χ1n) is 13.5. The Morgan fingerprint density at radius 1 is 0.929 bits per heavy atom. The van der Waals surface area contributed by atoms with Crippen molar-refractivity contribution in [2.75, 3.05) is 34.8 Å². The fourth-order valence-corrected chi connectivity index (χ4v) is 5.97. The van der Waals surface area contributed by atoms with Gasteiger partial charge >= 0.3 is 0 Å². The molecule has 42 heavy (non-hydrogen) atoms. The lowest BCUT2D eigenvalue weighted by Gasteiger charge is -2.28. The normalized spacial score (nSPS) is 12.2. The zero-order valence-electron chi connectivity index (χ0n) is 24.6. The third-order valence-electron chi connectivity index (χ3n) is 7.24. The van der Waals surface area contributed by atoms with Crippen LogP contribution in [0.1, 0.15) is 42.7 Å². The average Bonchev–Trinajstić information content (AvgIpc) is 3.34. The molecule has 0 unspecified atom stereocenters. The number of benzene rings is 3. The van der Waals surface area contributed by atoms with E-state index in [0.29, 0.717) is 28.5 Å². The standard InChI is InChI=1S/C32H35ClF4N3OS/c1-32(2,21-9-11-25(34)24(33)16-21)30-18-38-31(39(30)22-10-12-26(35)29(17-22)41-6)42-19-23-27(36)14-20(15-28(23)37)8-7-13-40(3,4)5/h9-12,14-18H,7-8,13,19H2,1-6H3/q+1. The van der Waals surface area contributed by atoms with Crippen LogP contribution in [-0.2, 0) is 17.6 Å². The van der Waals surface area contributed by atoms with Crippen molar-refractivity contribution in [3.63, 3.8) is 0 Å². The van der Waals surface area contributed by atoms with E-state index in [2.05, 4.69) is 26.1 Å². The summed E-state index contributed by atoms with van der Waals surface area (Å²) in [6, 6.07) is 11.7. The second-order valence-electron chi connectivity index (χ2n) is 11.8. The molecular weight excluding hydrogens is 586 g/mol. The predicted octanol–water partition coefficient (Wildman–Crippen LogP) is 8.35. The van der Waals surface area contributed by atoms with Crippen LogP contribution in [0.2, 0.25) is 5.02 Å². The van der Waals surface area contributed by atoms with E-state index in [4.69, 9.17) is 16.3 Å². The number of hydrogen-bond donors (Lipinski definition) is 0. The molecule has 10 heteroatoms. The number of quaternary nitrogens is 1. The van der Waals surface area contributed by atoms with Gasteiger partial charge in [-0.1, -0.05) is 43.3 Å². The minimum absolute atomic E-state index is 0.0171. The van der Waals surface area contributed by atoms with Crippen LogP contribution >= 0.6 is 23.4 Å². The number of aryl methyl sites for hydroxylation is 1. The van der Waals surface area contributed by atoms with E-state index in [1.807, 2.05) is 13.8 Å². The third kappa shape index (κ3) is 7.13. The van der Waals surface area contributed by atoms with E-state index < -0.39 is 28.7 Å². The zero-order valence-corrected chi connectivity index (χ0v) is 26.1. The molecule has 0 aliphatic carbocycles. The number of methoxy groups -OCH3 is 1. The molecule has 0 amide bonds. The van der Waals surface area contributed by atoms with Crippen molar-refractivity contribution in [1.82, 2.24) is 9.55 Å². The van der Waals surface area contributed by atoms with Crippen molar-refractivity contribution in [2.45, 2.75) is 43.0 Å². The first kappa shape index (κ1) is 31.9. The van der Waals surface area contributed by atoms with Crippen LogP contribution in [0.3, 0.4) is 0 Å². The Balaban J connectivity index is 1.70. The highest BCUT2D eigenvalue weighted by Crippen LogP contribution is 2.39. The molecule has 0 saturated carbocycles. The fourth-order valence-electron chi connectivity index (χ4n) is 4.78. The van der Waals surface area contributed by atoms with Gasteiger partial charge in [-0.05, 0) is 53.9 Å². The Bertz CT molecular complexity index is 1560. The van der Waals surface area contributed by atoms with Crippen LogP contribution in [0, 0.1) is 23.3 Å². The molecule has 4 aromatic rings. The van der Waals surface area contributed by atoms with E-state index in [0.717, 1.165) is 34.8 Å². The molecule has 0 aliphatic heterocycles. The van der Waals surface area contributed by atoms with E-state index in [-0.39, 0.29) is 22.1 Å². The summed E-state index contributed by atoms with van der Waals surface area (Å²) in [6.07, 6.45) is 3.05. The highest BCUT2D eigenvalue weighted by Gasteiger charge is 2.30. The van der Waals surface area contributed by atoms with E-state index in [1.165, 1.54) is 37.4 Å². The number of aromatic nitrogens is 2. The minimum atomic E-state index is -0.741. The van der Waals surface area contributed by atoms with Crippen molar-refractivity contribution < 1.29 is 26.8 Å². The fraction of sp³-hybridized carbons (Fsp3) is 0.344. The van der Waals surface area contributed by atoms with Gasteiger partial charge in [-0.15, -0.1) is 0 Å². The van der Waals surface area contributed by atoms with Gasteiger partial charge in [0.25, 0.3) is 0 Å². The minimum Gasteiger partial charge on any atom is -0.494 e. The topological polar surface area (TPSA) is 27.1 Å². The molecule has 0 N–H and O–H groups in total.